The van der Waals surface area contributed by atoms with E-state index in [-0.39, 0.29) is 33.1 Å². The molecule has 0 bridgehead atoms. The summed E-state index contributed by atoms with van der Waals surface area (Å²) in [5.74, 6) is -11.9. The summed E-state index contributed by atoms with van der Waals surface area (Å²) in [7, 11) is 35.7. The Hall–Kier alpha value is -2.94. The van der Waals surface area contributed by atoms with Gasteiger partial charge >= 0.3 is 5.92 Å². The first kappa shape index (κ1) is 28.1. The number of amides is 4. The molecule has 3 atom stereocenters. The van der Waals surface area contributed by atoms with Crippen LogP contribution in [-0.2, 0) is 26.9 Å². The molecule has 16 heteroatoms. The minimum absolute atomic E-state index is 0.0567. The maximum atomic E-state index is 14.8. The molecule has 2 aliphatic heterocycles. The Morgan fingerprint density at radius 3 is 2.34 bits per heavy atom. The quantitative estimate of drug-likeness (QED) is 0.448. The molecule has 0 saturated carbocycles. The van der Waals surface area contributed by atoms with Crippen LogP contribution in [0, 0.1) is 0 Å². The molecule has 0 aromatic heterocycles. The number of nitrogens with one attached hydrogen (secondary N) is 1. The zero-order chi connectivity index (χ0) is 28.4. The highest BCUT2D eigenvalue weighted by Crippen LogP contribution is 2.49. The lowest BCUT2D eigenvalue weighted by molar-refractivity contribution is -0.154. The number of piperidine rings is 1. The zero-order valence-electron chi connectivity index (χ0n) is 19.5. The third-order valence-electron chi connectivity index (χ3n) is 6.75. The van der Waals surface area contributed by atoms with Crippen molar-refractivity contribution in [2.45, 2.75) is 34.9 Å². The summed E-state index contributed by atoms with van der Waals surface area (Å²) in [6, 6.07) is 8.25. The van der Waals surface area contributed by atoms with Crippen LogP contribution in [0.4, 0.5) is 8.78 Å². The molecule has 2 unspecified atom stereocenters. The molecule has 38 heavy (non-hydrogen) atoms. The summed E-state index contributed by atoms with van der Waals surface area (Å²) in [5.41, 5.74) is -2.70. The molecule has 1 fully saturated rings. The summed E-state index contributed by atoms with van der Waals surface area (Å²) in [4.78, 5) is 51.4. The van der Waals surface area contributed by atoms with Gasteiger partial charge in [-0.2, -0.15) is 8.78 Å². The average Bonchev–Trinajstić information content (AvgIpc) is 3.21. The lowest BCUT2D eigenvalue weighted by Gasteiger charge is -2.55. The molecule has 1 N–H and O–H groups in total. The molecule has 0 aliphatic carbocycles. The molecule has 4 amide bonds. The number of carbonyl (C=O) groups excluding carboxylic acids is 4. The van der Waals surface area contributed by atoms with Crippen molar-refractivity contribution >= 4 is 82.4 Å². The molecule has 178 valence electrons. The van der Waals surface area contributed by atoms with Gasteiger partial charge in [-0.05, 0) is 35.1 Å². The highest BCUT2D eigenvalue weighted by Gasteiger charge is 2.59. The minimum Gasteiger partial charge on any atom is -0.393 e. The summed E-state index contributed by atoms with van der Waals surface area (Å²) in [6.07, 6.45) is 0. The van der Waals surface area contributed by atoms with E-state index in [1.807, 2.05) is 5.32 Å². The topological polar surface area (TPSA) is 86.8 Å². The summed E-state index contributed by atoms with van der Waals surface area (Å²) in [5, 5.41) is -0.209. The monoisotopic (exact) mass is 521 g/mol. The van der Waals surface area contributed by atoms with E-state index in [9.17, 15) is 28.0 Å². The second-order valence-corrected chi connectivity index (χ2v) is 9.48. The maximum Gasteiger partial charge on any atom is 0.348 e. The Morgan fingerprint density at radius 1 is 1.13 bits per heavy atom. The predicted molar refractivity (Wildman–Crippen MR) is 138 cm³/mol. The van der Waals surface area contributed by atoms with Gasteiger partial charge in [0.2, 0.25) is 19.8 Å². The van der Waals surface area contributed by atoms with Crippen LogP contribution in [0.1, 0.15) is 33.0 Å². The smallest absolute Gasteiger partial charge is 0.348 e. The molecule has 2 aromatic rings. The van der Waals surface area contributed by atoms with E-state index in [0.717, 1.165) is 17.0 Å². The fourth-order valence-electron chi connectivity index (χ4n) is 4.33. The fraction of sp³-hybridized carbons (Fsp3) is 0.273. The summed E-state index contributed by atoms with van der Waals surface area (Å²) in [6.45, 7) is -0.338. The average molecular weight is 521 g/mol. The molecular formula is C22H12B6ClF2N3O4. The zero-order valence-corrected chi connectivity index (χ0v) is 20.3. The number of hydrogen-bond donors (Lipinski definition) is 1. The van der Waals surface area contributed by atoms with Crippen molar-refractivity contribution in [3.63, 3.8) is 0 Å². The van der Waals surface area contributed by atoms with Gasteiger partial charge in [0, 0.05) is 28.6 Å². The van der Waals surface area contributed by atoms with E-state index in [1.165, 1.54) is 30.3 Å². The van der Waals surface area contributed by atoms with Crippen LogP contribution in [0.15, 0.2) is 42.5 Å². The number of halogens is 3. The number of imide groups is 1. The van der Waals surface area contributed by atoms with E-state index in [1.54, 1.807) is 0 Å². The van der Waals surface area contributed by atoms with E-state index in [2.05, 4.69) is 0 Å². The largest absolute Gasteiger partial charge is 0.393 e. The van der Waals surface area contributed by atoms with Gasteiger partial charge in [-0.3, -0.25) is 24.5 Å². The lowest BCUT2D eigenvalue weighted by atomic mass is 9.31. The molecule has 2 aliphatic rings. The summed E-state index contributed by atoms with van der Waals surface area (Å²) < 4.78 is 29.6. The predicted octanol–water partition coefficient (Wildman–Crippen LogP) is 0.0984. The van der Waals surface area contributed by atoms with Gasteiger partial charge in [0.05, 0.1) is 29.0 Å². The van der Waals surface area contributed by atoms with Gasteiger partial charge in [-0.25, -0.2) is 0 Å². The van der Waals surface area contributed by atoms with Crippen molar-refractivity contribution < 1.29 is 28.0 Å². The van der Waals surface area contributed by atoms with Crippen molar-refractivity contribution in [3.05, 3.63) is 69.7 Å². The van der Waals surface area contributed by atoms with E-state index in [4.69, 9.17) is 58.8 Å². The standard InChI is InChI=1S/C22H12B6ClF2N3O4/c23-14-16(35)32-18(37)22(27,21(14,25)26)33-8-10-7-9(1-6-13(10)17(33)36)15(24)34(28)19(38)20(30,31)11-2-4-12(29)5-3-11/h1-7,14-15H,8H2,(H,32,35,37)/t14?,15?,22-/m0/s1. The number of nitrogens with zero attached hydrogens (tertiary/aromatic N) is 2. The third-order valence-corrected chi connectivity index (χ3v) is 7.00. The molecule has 12 radical (unpaired) electrons. The van der Waals surface area contributed by atoms with Gasteiger partial charge in [-0.15, -0.1) is 0 Å². The van der Waals surface area contributed by atoms with Gasteiger partial charge < -0.3 is 9.71 Å². The maximum absolute atomic E-state index is 14.8. The Balaban J connectivity index is 1.61. The van der Waals surface area contributed by atoms with Crippen molar-refractivity contribution in [1.82, 2.24) is 15.0 Å². The first-order chi connectivity index (χ1) is 17.5. The third kappa shape index (κ3) is 4.10. The lowest BCUT2D eigenvalue weighted by Crippen LogP contribution is -2.72. The van der Waals surface area contributed by atoms with Crippen molar-refractivity contribution in [2.75, 3.05) is 0 Å². The van der Waals surface area contributed by atoms with Crippen LogP contribution >= 0.6 is 11.6 Å². The Labute approximate surface area is 229 Å². The fourth-order valence-corrected chi connectivity index (χ4v) is 4.46. The van der Waals surface area contributed by atoms with E-state index >= 15 is 0 Å². The SMILES string of the molecule is [B]C(c1ccc2c(c1)CN([C@@]1([B])C(=O)NC(=O)C([B])C1([B])[B])C2=O)N([B])C(=O)C(F)(F)c1ccc(Cl)cc1. The second-order valence-electron chi connectivity index (χ2n) is 9.04. The number of alkyl halides is 2. The van der Waals surface area contributed by atoms with Crippen molar-refractivity contribution in [3.8, 4) is 0 Å². The summed E-state index contributed by atoms with van der Waals surface area (Å²) >= 11 is 5.72. The van der Waals surface area contributed by atoms with Gasteiger partial charge in [0.25, 0.3) is 11.8 Å². The molecule has 2 heterocycles. The molecular weight excluding hydrogens is 509 g/mol. The molecule has 7 nitrogen and oxygen atoms in total. The Morgan fingerprint density at radius 2 is 1.74 bits per heavy atom. The van der Waals surface area contributed by atoms with Gasteiger partial charge in [0.15, 0.2) is 0 Å². The Bertz CT molecular complexity index is 1370. The van der Waals surface area contributed by atoms with Crippen LogP contribution in [0.2, 0.25) is 16.1 Å². The van der Waals surface area contributed by atoms with Crippen molar-refractivity contribution in [2.24, 2.45) is 0 Å². The number of benzene rings is 2. The van der Waals surface area contributed by atoms with E-state index in [0.29, 0.717) is 0 Å². The van der Waals surface area contributed by atoms with Gasteiger partial charge in [0.1, 0.15) is 15.7 Å². The molecule has 1 saturated heterocycles. The Kier molecular flexibility index (Phi) is 6.92. The normalized spacial score (nSPS) is 23.5. The van der Waals surface area contributed by atoms with Crippen LogP contribution < -0.4 is 5.32 Å². The van der Waals surface area contributed by atoms with Crippen molar-refractivity contribution in [1.29, 1.82) is 0 Å². The number of hydrogen-bond acceptors (Lipinski definition) is 4. The highest BCUT2D eigenvalue weighted by molar-refractivity contribution is 6.57. The minimum atomic E-state index is -4.03. The molecule has 0 spiro atoms. The van der Waals surface area contributed by atoms with E-state index < -0.39 is 57.5 Å². The van der Waals surface area contributed by atoms with Crippen LogP contribution in [0.3, 0.4) is 0 Å². The second kappa shape index (κ2) is 9.36. The number of rotatable bonds is 5. The first-order valence-electron chi connectivity index (χ1n) is 10.9. The highest BCUT2D eigenvalue weighted by atomic mass is 35.5. The van der Waals surface area contributed by atoms with Crippen LogP contribution in [0.5, 0.6) is 0 Å². The molecule has 2 aromatic carbocycles. The number of carbonyl (C=O) groups is 4. The number of fused-ring (bicyclic) bond motifs is 1. The first-order valence-corrected chi connectivity index (χ1v) is 11.3. The van der Waals surface area contributed by atoms with Crippen LogP contribution in [0.25, 0.3) is 0 Å². The molecule has 4 rings (SSSR count). The van der Waals surface area contributed by atoms with Gasteiger partial charge in [-0.1, -0.05) is 41.1 Å². The van der Waals surface area contributed by atoms with Crippen LogP contribution in [-0.4, -0.2) is 86.0 Å².